The molecule has 1 fully saturated rings. The number of amides is 2. The molecule has 2 N–H and O–H groups in total. The van der Waals surface area contributed by atoms with E-state index in [1.165, 1.54) is 19.3 Å². The molecule has 0 aliphatic heterocycles. The molecule has 0 saturated heterocycles. The summed E-state index contributed by atoms with van der Waals surface area (Å²) in [5, 5.41) is 5.53. The van der Waals surface area contributed by atoms with Gasteiger partial charge in [0.05, 0.1) is 6.04 Å². The second-order valence-electron chi connectivity index (χ2n) is 6.21. The van der Waals surface area contributed by atoms with Gasteiger partial charge in [-0.25, -0.2) is 4.79 Å². The molecule has 1 aliphatic carbocycles. The normalized spacial score (nSPS) is 18.7. The van der Waals surface area contributed by atoms with Crippen LogP contribution in [0.2, 0.25) is 0 Å². The zero-order chi connectivity index (χ0) is 14.5. The first-order valence-electron chi connectivity index (χ1n) is 7.08. The fourth-order valence-corrected chi connectivity index (χ4v) is 2.21. The van der Waals surface area contributed by atoms with E-state index in [9.17, 15) is 9.59 Å². The SMILES string of the molecule is C[C@H](NC1CCCCC1)C(=O)NC(=O)OC(C)(C)C. The molecule has 5 heteroatoms. The van der Waals surface area contributed by atoms with Crippen LogP contribution in [0, 0.1) is 0 Å². The minimum absolute atomic E-state index is 0.333. The predicted molar refractivity (Wildman–Crippen MR) is 73.8 cm³/mol. The number of rotatable bonds is 3. The van der Waals surface area contributed by atoms with Crippen molar-refractivity contribution in [2.45, 2.75) is 77.5 Å². The number of ether oxygens (including phenoxy) is 1. The lowest BCUT2D eigenvalue weighted by atomic mass is 9.95. The molecule has 1 rings (SSSR count). The van der Waals surface area contributed by atoms with Gasteiger partial charge in [0.15, 0.2) is 0 Å². The Bertz CT molecular complexity index is 317. The van der Waals surface area contributed by atoms with Crippen LogP contribution in [0.3, 0.4) is 0 Å². The van der Waals surface area contributed by atoms with Crippen LogP contribution < -0.4 is 10.6 Å². The third-order valence-electron chi connectivity index (χ3n) is 3.11. The van der Waals surface area contributed by atoms with E-state index in [1.54, 1.807) is 27.7 Å². The van der Waals surface area contributed by atoms with Gasteiger partial charge in [-0.1, -0.05) is 19.3 Å². The third kappa shape index (κ3) is 6.57. The first kappa shape index (κ1) is 16.0. The van der Waals surface area contributed by atoms with Gasteiger partial charge in [0.2, 0.25) is 5.91 Å². The van der Waals surface area contributed by atoms with Crippen molar-refractivity contribution in [2.75, 3.05) is 0 Å². The van der Waals surface area contributed by atoms with E-state index >= 15 is 0 Å². The molecule has 0 aromatic heterocycles. The summed E-state index contributed by atoms with van der Waals surface area (Å²) < 4.78 is 5.05. The Morgan fingerprint density at radius 1 is 1.16 bits per heavy atom. The second-order valence-corrected chi connectivity index (χ2v) is 6.21. The molecule has 0 unspecified atom stereocenters. The van der Waals surface area contributed by atoms with Crippen molar-refractivity contribution >= 4 is 12.0 Å². The highest BCUT2D eigenvalue weighted by Crippen LogP contribution is 2.17. The molecular formula is C14H26N2O3. The van der Waals surface area contributed by atoms with E-state index in [0.717, 1.165) is 12.8 Å². The highest BCUT2D eigenvalue weighted by molar-refractivity contribution is 5.94. The summed E-state index contributed by atoms with van der Waals surface area (Å²) in [6, 6.07) is 0.00348. The number of hydrogen-bond donors (Lipinski definition) is 2. The largest absolute Gasteiger partial charge is 0.444 e. The molecule has 1 saturated carbocycles. The lowest BCUT2D eigenvalue weighted by molar-refractivity contribution is -0.122. The maximum atomic E-state index is 11.8. The fourth-order valence-electron chi connectivity index (χ4n) is 2.21. The summed E-state index contributed by atoms with van der Waals surface area (Å²) in [6.45, 7) is 7.07. The zero-order valence-electron chi connectivity index (χ0n) is 12.4. The highest BCUT2D eigenvalue weighted by atomic mass is 16.6. The predicted octanol–water partition coefficient (Wildman–Crippen LogP) is 2.35. The Morgan fingerprint density at radius 2 is 1.74 bits per heavy atom. The summed E-state index contributed by atoms with van der Waals surface area (Å²) in [7, 11) is 0. The van der Waals surface area contributed by atoms with E-state index < -0.39 is 11.7 Å². The highest BCUT2D eigenvalue weighted by Gasteiger charge is 2.23. The maximum absolute atomic E-state index is 11.8. The lowest BCUT2D eigenvalue weighted by Gasteiger charge is -2.26. The van der Waals surface area contributed by atoms with Gasteiger partial charge >= 0.3 is 6.09 Å². The molecule has 19 heavy (non-hydrogen) atoms. The number of nitrogens with one attached hydrogen (secondary N) is 2. The minimum Gasteiger partial charge on any atom is -0.444 e. The minimum atomic E-state index is -0.685. The molecule has 0 radical (unpaired) electrons. The number of carbonyl (C=O) groups is 2. The molecule has 0 spiro atoms. The summed E-state index contributed by atoms with van der Waals surface area (Å²) in [6.07, 6.45) is 5.20. The molecule has 0 bridgehead atoms. The molecular weight excluding hydrogens is 244 g/mol. The molecule has 0 aromatic rings. The van der Waals surface area contributed by atoms with Crippen molar-refractivity contribution in [2.24, 2.45) is 0 Å². The van der Waals surface area contributed by atoms with Crippen LogP contribution in [0.4, 0.5) is 4.79 Å². The van der Waals surface area contributed by atoms with Crippen LogP contribution >= 0.6 is 0 Å². The Labute approximate surface area is 115 Å². The molecule has 1 atom stereocenters. The van der Waals surface area contributed by atoms with E-state index in [0.29, 0.717) is 6.04 Å². The summed E-state index contributed by atoms with van der Waals surface area (Å²) in [4.78, 5) is 23.3. The standard InChI is InChI=1S/C14H26N2O3/c1-10(15-11-8-6-5-7-9-11)12(17)16-13(18)19-14(2,3)4/h10-11,15H,5-9H2,1-4H3,(H,16,17,18)/t10-/m0/s1. The summed E-state index contributed by atoms with van der Waals surface area (Å²) >= 11 is 0. The fraction of sp³-hybridized carbons (Fsp3) is 0.857. The van der Waals surface area contributed by atoms with Crippen LogP contribution in [-0.2, 0) is 9.53 Å². The van der Waals surface area contributed by atoms with Crippen molar-refractivity contribution in [1.29, 1.82) is 0 Å². The molecule has 1 aliphatic rings. The van der Waals surface area contributed by atoms with Gasteiger partial charge in [0, 0.05) is 6.04 Å². The van der Waals surface area contributed by atoms with Gasteiger partial charge in [-0.3, -0.25) is 10.1 Å². The zero-order valence-corrected chi connectivity index (χ0v) is 12.4. The molecule has 0 heterocycles. The van der Waals surface area contributed by atoms with Crippen molar-refractivity contribution in [3.8, 4) is 0 Å². The monoisotopic (exact) mass is 270 g/mol. The maximum Gasteiger partial charge on any atom is 0.414 e. The topological polar surface area (TPSA) is 67.4 Å². The lowest BCUT2D eigenvalue weighted by Crippen LogP contribution is -2.49. The van der Waals surface area contributed by atoms with Gasteiger partial charge in [0.1, 0.15) is 5.60 Å². The van der Waals surface area contributed by atoms with Gasteiger partial charge in [-0.05, 0) is 40.5 Å². The van der Waals surface area contributed by atoms with Crippen LogP contribution in [0.1, 0.15) is 59.8 Å². The van der Waals surface area contributed by atoms with Crippen LogP contribution in [0.15, 0.2) is 0 Å². The van der Waals surface area contributed by atoms with Gasteiger partial charge < -0.3 is 10.1 Å². The van der Waals surface area contributed by atoms with Gasteiger partial charge in [-0.15, -0.1) is 0 Å². The Hall–Kier alpha value is -1.10. The Balaban J connectivity index is 2.33. The van der Waals surface area contributed by atoms with Gasteiger partial charge in [-0.2, -0.15) is 0 Å². The average Bonchev–Trinajstić information content (AvgIpc) is 2.27. The number of hydrogen-bond acceptors (Lipinski definition) is 4. The van der Waals surface area contributed by atoms with Crippen molar-refractivity contribution in [1.82, 2.24) is 10.6 Å². The Kier molecular flexibility index (Phi) is 5.79. The van der Waals surface area contributed by atoms with Crippen LogP contribution in [0.25, 0.3) is 0 Å². The molecule has 110 valence electrons. The Morgan fingerprint density at radius 3 is 2.26 bits per heavy atom. The van der Waals surface area contributed by atoms with E-state index in [-0.39, 0.29) is 11.9 Å². The smallest absolute Gasteiger partial charge is 0.414 e. The van der Waals surface area contributed by atoms with Crippen LogP contribution in [0.5, 0.6) is 0 Å². The number of carbonyl (C=O) groups excluding carboxylic acids is 2. The summed E-state index contributed by atoms with van der Waals surface area (Å²) in [5.41, 5.74) is -0.593. The quantitative estimate of drug-likeness (QED) is 0.826. The van der Waals surface area contributed by atoms with E-state index in [1.807, 2.05) is 0 Å². The molecule has 5 nitrogen and oxygen atoms in total. The second kappa shape index (κ2) is 6.89. The number of alkyl carbamates (subject to hydrolysis) is 1. The van der Waals surface area contributed by atoms with Crippen molar-refractivity contribution < 1.29 is 14.3 Å². The van der Waals surface area contributed by atoms with E-state index in [4.69, 9.17) is 4.74 Å². The van der Waals surface area contributed by atoms with Crippen molar-refractivity contribution in [3.05, 3.63) is 0 Å². The average molecular weight is 270 g/mol. The first-order chi connectivity index (χ1) is 8.78. The number of imide groups is 1. The van der Waals surface area contributed by atoms with Crippen molar-refractivity contribution in [3.63, 3.8) is 0 Å². The van der Waals surface area contributed by atoms with E-state index in [2.05, 4.69) is 10.6 Å². The first-order valence-corrected chi connectivity index (χ1v) is 7.08. The third-order valence-corrected chi connectivity index (χ3v) is 3.11. The van der Waals surface area contributed by atoms with Gasteiger partial charge in [0.25, 0.3) is 0 Å². The molecule has 0 aromatic carbocycles. The molecule has 2 amide bonds. The van der Waals surface area contributed by atoms with Crippen LogP contribution in [-0.4, -0.2) is 29.7 Å². The summed E-state index contributed by atoms with van der Waals surface area (Å²) in [5.74, 6) is -0.333.